The lowest BCUT2D eigenvalue weighted by Crippen LogP contribution is -2.20. The van der Waals surface area contributed by atoms with Crippen molar-refractivity contribution in [3.63, 3.8) is 0 Å². The van der Waals surface area contributed by atoms with Crippen molar-refractivity contribution in [1.29, 1.82) is 0 Å². The smallest absolute Gasteiger partial charge is 0.297 e. The Hall–Kier alpha value is -2.30. The molecule has 0 spiro atoms. The second kappa shape index (κ2) is 5.41. The third-order valence-electron chi connectivity index (χ3n) is 3.69. The van der Waals surface area contributed by atoms with Gasteiger partial charge >= 0.3 is 0 Å². The molecule has 0 aliphatic carbocycles. The molecule has 0 bridgehead atoms. The predicted octanol–water partition coefficient (Wildman–Crippen LogP) is 4.50. The Labute approximate surface area is 140 Å². The second-order valence-corrected chi connectivity index (χ2v) is 6.02. The van der Waals surface area contributed by atoms with E-state index in [0.29, 0.717) is 27.7 Å². The summed E-state index contributed by atoms with van der Waals surface area (Å²) in [6, 6.07) is 12.7. The molecule has 23 heavy (non-hydrogen) atoms. The zero-order valence-corrected chi connectivity index (χ0v) is 13.3. The molecule has 0 atom stereocenters. The lowest BCUT2D eigenvalue weighted by Gasteiger charge is -2.06. The number of aromatic nitrogens is 2. The largest absolute Gasteiger partial charge is 0.448 e. The van der Waals surface area contributed by atoms with E-state index in [0.717, 1.165) is 10.9 Å². The highest BCUT2D eigenvalue weighted by Crippen LogP contribution is 2.25. The van der Waals surface area contributed by atoms with Crippen LogP contribution in [0.4, 0.5) is 0 Å². The molecule has 0 saturated heterocycles. The van der Waals surface area contributed by atoms with E-state index >= 15 is 0 Å². The van der Waals surface area contributed by atoms with Gasteiger partial charge in [-0.25, -0.2) is 4.98 Å². The van der Waals surface area contributed by atoms with Gasteiger partial charge in [0, 0.05) is 5.39 Å². The van der Waals surface area contributed by atoms with E-state index in [1.165, 1.54) is 10.9 Å². The van der Waals surface area contributed by atoms with Crippen LogP contribution >= 0.6 is 23.2 Å². The van der Waals surface area contributed by atoms with Crippen molar-refractivity contribution in [2.45, 2.75) is 6.54 Å². The van der Waals surface area contributed by atoms with Crippen molar-refractivity contribution in [1.82, 2.24) is 9.55 Å². The third kappa shape index (κ3) is 2.40. The SMILES string of the molecule is O=c1c2oc3ccccc3c2ncn1Cc1ccc(Cl)c(Cl)c1. The molecule has 0 unspecified atom stereocenters. The molecule has 0 aliphatic heterocycles. The lowest BCUT2D eigenvalue weighted by atomic mass is 10.2. The first-order valence-electron chi connectivity index (χ1n) is 6.94. The summed E-state index contributed by atoms with van der Waals surface area (Å²) in [5.74, 6) is 0. The van der Waals surface area contributed by atoms with Gasteiger partial charge in [-0.1, -0.05) is 41.4 Å². The quantitative estimate of drug-likeness (QED) is 0.538. The first-order chi connectivity index (χ1) is 11.1. The summed E-state index contributed by atoms with van der Waals surface area (Å²) in [4.78, 5) is 17.0. The standard InChI is InChI=1S/C17H10Cl2N2O2/c18-12-6-5-10(7-13(12)19)8-21-9-20-15-11-3-1-2-4-14(11)23-16(15)17(21)22/h1-7,9H,8H2. The molecule has 4 nitrogen and oxygen atoms in total. The monoisotopic (exact) mass is 344 g/mol. The fourth-order valence-corrected chi connectivity index (χ4v) is 2.88. The molecule has 0 radical (unpaired) electrons. The fourth-order valence-electron chi connectivity index (χ4n) is 2.56. The van der Waals surface area contributed by atoms with Gasteiger partial charge < -0.3 is 4.42 Å². The van der Waals surface area contributed by atoms with Crippen LogP contribution in [0.25, 0.3) is 22.1 Å². The van der Waals surface area contributed by atoms with Crippen LogP contribution in [-0.4, -0.2) is 9.55 Å². The zero-order chi connectivity index (χ0) is 16.0. The van der Waals surface area contributed by atoms with Crippen LogP contribution < -0.4 is 5.56 Å². The van der Waals surface area contributed by atoms with Gasteiger partial charge in [0.2, 0.25) is 5.58 Å². The zero-order valence-electron chi connectivity index (χ0n) is 11.8. The molecule has 2 aromatic carbocycles. The molecular formula is C17H10Cl2N2O2. The minimum Gasteiger partial charge on any atom is -0.448 e. The van der Waals surface area contributed by atoms with Gasteiger partial charge in [0.25, 0.3) is 5.56 Å². The summed E-state index contributed by atoms with van der Waals surface area (Å²) < 4.78 is 7.15. The lowest BCUT2D eigenvalue weighted by molar-refractivity contribution is 0.642. The summed E-state index contributed by atoms with van der Waals surface area (Å²) in [5, 5.41) is 1.77. The number of benzene rings is 2. The number of para-hydroxylation sites is 1. The maximum absolute atomic E-state index is 12.6. The van der Waals surface area contributed by atoms with E-state index in [-0.39, 0.29) is 11.1 Å². The van der Waals surface area contributed by atoms with Crippen molar-refractivity contribution in [3.05, 3.63) is 74.8 Å². The maximum Gasteiger partial charge on any atom is 0.297 e. The van der Waals surface area contributed by atoms with Crippen LogP contribution in [0.2, 0.25) is 10.0 Å². The maximum atomic E-state index is 12.6. The molecule has 4 aromatic rings. The van der Waals surface area contributed by atoms with Gasteiger partial charge in [0.1, 0.15) is 11.1 Å². The molecule has 0 N–H and O–H groups in total. The molecule has 0 aliphatic rings. The van der Waals surface area contributed by atoms with Crippen LogP contribution in [0.5, 0.6) is 0 Å². The third-order valence-corrected chi connectivity index (χ3v) is 4.43. The van der Waals surface area contributed by atoms with Crippen molar-refractivity contribution in [2.75, 3.05) is 0 Å². The first kappa shape index (κ1) is 14.3. The molecule has 2 aromatic heterocycles. The molecule has 2 heterocycles. The molecule has 114 valence electrons. The van der Waals surface area contributed by atoms with E-state index in [1.807, 2.05) is 30.3 Å². The number of furan rings is 1. The summed E-state index contributed by atoms with van der Waals surface area (Å²) in [5.41, 5.74) is 2.13. The van der Waals surface area contributed by atoms with E-state index < -0.39 is 0 Å². The van der Waals surface area contributed by atoms with Gasteiger partial charge in [0.05, 0.1) is 22.9 Å². The number of hydrogen-bond acceptors (Lipinski definition) is 3. The van der Waals surface area contributed by atoms with E-state index in [1.54, 1.807) is 12.1 Å². The van der Waals surface area contributed by atoms with Gasteiger partial charge in [-0.3, -0.25) is 9.36 Å². The molecule has 0 saturated carbocycles. The Morgan fingerprint density at radius 3 is 2.74 bits per heavy atom. The van der Waals surface area contributed by atoms with Crippen molar-refractivity contribution in [2.24, 2.45) is 0 Å². The number of fused-ring (bicyclic) bond motifs is 3. The highest BCUT2D eigenvalue weighted by molar-refractivity contribution is 6.42. The molecular weight excluding hydrogens is 335 g/mol. The first-order valence-corrected chi connectivity index (χ1v) is 7.70. The van der Waals surface area contributed by atoms with Crippen molar-refractivity contribution in [3.8, 4) is 0 Å². The van der Waals surface area contributed by atoms with Gasteiger partial charge in [-0.2, -0.15) is 0 Å². The minimum atomic E-state index is -0.225. The van der Waals surface area contributed by atoms with E-state index in [4.69, 9.17) is 27.6 Å². The van der Waals surface area contributed by atoms with Crippen molar-refractivity contribution < 1.29 is 4.42 Å². The van der Waals surface area contributed by atoms with Crippen LogP contribution in [0, 0.1) is 0 Å². The van der Waals surface area contributed by atoms with E-state index in [9.17, 15) is 4.79 Å². The highest BCUT2D eigenvalue weighted by Gasteiger charge is 2.13. The molecule has 4 rings (SSSR count). The summed E-state index contributed by atoms with van der Waals surface area (Å²) in [6.45, 7) is 0.343. The van der Waals surface area contributed by atoms with Crippen LogP contribution in [-0.2, 0) is 6.54 Å². The Balaban J connectivity index is 1.84. The Bertz CT molecular complexity index is 1100. The van der Waals surface area contributed by atoms with E-state index in [2.05, 4.69) is 4.98 Å². The van der Waals surface area contributed by atoms with Gasteiger partial charge in [-0.05, 0) is 29.8 Å². The summed E-state index contributed by atoms with van der Waals surface area (Å²) >= 11 is 11.9. The second-order valence-electron chi connectivity index (χ2n) is 5.20. The van der Waals surface area contributed by atoms with Crippen LogP contribution in [0.1, 0.15) is 5.56 Å². The average molecular weight is 345 g/mol. The highest BCUT2D eigenvalue weighted by atomic mass is 35.5. The molecule has 0 amide bonds. The minimum absolute atomic E-state index is 0.225. The summed E-state index contributed by atoms with van der Waals surface area (Å²) in [6.07, 6.45) is 1.52. The average Bonchev–Trinajstić information content (AvgIpc) is 2.93. The Morgan fingerprint density at radius 2 is 1.91 bits per heavy atom. The Kier molecular flexibility index (Phi) is 3.36. The van der Waals surface area contributed by atoms with Crippen LogP contribution in [0.3, 0.4) is 0 Å². The topological polar surface area (TPSA) is 48.0 Å². The Morgan fingerprint density at radius 1 is 1.09 bits per heavy atom. The predicted molar refractivity (Wildman–Crippen MR) is 91.3 cm³/mol. The fraction of sp³-hybridized carbons (Fsp3) is 0.0588. The number of halogens is 2. The van der Waals surface area contributed by atoms with Gasteiger partial charge in [0.15, 0.2) is 0 Å². The van der Waals surface area contributed by atoms with Gasteiger partial charge in [-0.15, -0.1) is 0 Å². The molecule has 6 heteroatoms. The number of nitrogens with zero attached hydrogens (tertiary/aromatic N) is 2. The number of rotatable bonds is 2. The molecule has 0 fully saturated rings. The van der Waals surface area contributed by atoms with Crippen LogP contribution in [0.15, 0.2) is 58.0 Å². The normalized spacial score (nSPS) is 11.4. The summed E-state index contributed by atoms with van der Waals surface area (Å²) in [7, 11) is 0. The number of hydrogen-bond donors (Lipinski definition) is 0. The van der Waals surface area contributed by atoms with Crippen molar-refractivity contribution >= 4 is 45.3 Å².